The lowest BCUT2D eigenvalue weighted by Crippen LogP contribution is -2.05. The number of hydrogen-bond acceptors (Lipinski definition) is 4. The number of nitrogens with zero attached hydrogens (tertiary/aromatic N) is 4. The zero-order chi connectivity index (χ0) is 11.7. The van der Waals surface area contributed by atoms with Crippen LogP contribution < -0.4 is 5.73 Å². The lowest BCUT2D eigenvalue weighted by molar-refractivity contribution is 0.708. The van der Waals surface area contributed by atoms with Crippen LogP contribution in [0.1, 0.15) is 25.6 Å². The first-order chi connectivity index (χ1) is 7.59. The van der Waals surface area contributed by atoms with Gasteiger partial charge in [0, 0.05) is 16.1 Å². The van der Waals surface area contributed by atoms with Gasteiger partial charge < -0.3 is 5.73 Å². The average molecular weight is 282 g/mol. The Labute approximate surface area is 102 Å². The van der Waals surface area contributed by atoms with Crippen molar-refractivity contribution in [3.63, 3.8) is 0 Å². The van der Waals surface area contributed by atoms with Gasteiger partial charge in [0.1, 0.15) is 0 Å². The molecule has 0 bridgehead atoms. The summed E-state index contributed by atoms with van der Waals surface area (Å²) in [4.78, 5) is 0. The first-order valence-corrected chi connectivity index (χ1v) is 5.72. The molecule has 0 radical (unpaired) electrons. The van der Waals surface area contributed by atoms with Crippen molar-refractivity contribution in [2.24, 2.45) is 0 Å². The largest absolute Gasteiger partial charge is 0.399 e. The minimum atomic E-state index is 0.263. The van der Waals surface area contributed by atoms with Gasteiger partial charge in [-0.1, -0.05) is 13.8 Å². The summed E-state index contributed by atoms with van der Waals surface area (Å²) in [5.74, 6) is 1.09. The molecule has 5 nitrogen and oxygen atoms in total. The third kappa shape index (κ3) is 1.92. The highest BCUT2D eigenvalue weighted by Gasteiger charge is 2.13. The molecule has 2 aromatic rings. The van der Waals surface area contributed by atoms with Crippen LogP contribution in [0.15, 0.2) is 22.7 Å². The molecule has 0 aliphatic carbocycles. The van der Waals surface area contributed by atoms with Gasteiger partial charge in [0.25, 0.3) is 0 Å². The second-order valence-corrected chi connectivity index (χ2v) is 4.67. The van der Waals surface area contributed by atoms with Crippen molar-refractivity contribution in [1.29, 1.82) is 0 Å². The number of anilines is 1. The molecular weight excluding hydrogens is 270 g/mol. The highest BCUT2D eigenvalue weighted by atomic mass is 79.9. The molecule has 84 valence electrons. The summed E-state index contributed by atoms with van der Waals surface area (Å²) in [6.45, 7) is 4.10. The third-order valence-corrected chi connectivity index (χ3v) is 2.85. The maximum absolute atomic E-state index is 5.69. The van der Waals surface area contributed by atoms with Gasteiger partial charge in [-0.3, -0.25) is 0 Å². The van der Waals surface area contributed by atoms with Crippen LogP contribution in [0.3, 0.4) is 0 Å². The van der Waals surface area contributed by atoms with E-state index in [1.54, 1.807) is 4.68 Å². The standard InChI is InChI=1S/C10H12BrN5/c1-6(2)10-13-14-15-16(10)9-4-3-7(12)5-8(9)11/h3-6H,12H2,1-2H3. The van der Waals surface area contributed by atoms with E-state index in [0.29, 0.717) is 5.69 Å². The molecule has 0 fully saturated rings. The predicted molar refractivity (Wildman–Crippen MR) is 65.4 cm³/mol. The van der Waals surface area contributed by atoms with E-state index in [-0.39, 0.29) is 5.92 Å². The quantitative estimate of drug-likeness (QED) is 0.857. The summed E-state index contributed by atoms with van der Waals surface area (Å²) >= 11 is 3.46. The number of rotatable bonds is 2. The zero-order valence-electron chi connectivity index (χ0n) is 9.05. The van der Waals surface area contributed by atoms with Gasteiger partial charge >= 0.3 is 0 Å². The summed E-state index contributed by atoms with van der Waals surface area (Å²) in [5, 5.41) is 11.7. The van der Waals surface area contributed by atoms with Gasteiger partial charge in [0.05, 0.1) is 5.69 Å². The maximum Gasteiger partial charge on any atom is 0.159 e. The number of nitrogens with two attached hydrogens (primary N) is 1. The molecule has 2 rings (SSSR count). The van der Waals surface area contributed by atoms with E-state index in [0.717, 1.165) is 16.0 Å². The molecule has 6 heteroatoms. The number of tetrazole rings is 1. The highest BCUT2D eigenvalue weighted by molar-refractivity contribution is 9.10. The second-order valence-electron chi connectivity index (χ2n) is 3.81. The first kappa shape index (κ1) is 11.1. The van der Waals surface area contributed by atoms with E-state index in [1.807, 2.05) is 32.0 Å². The molecule has 0 aliphatic rings. The smallest absolute Gasteiger partial charge is 0.159 e. The van der Waals surface area contributed by atoms with Crippen molar-refractivity contribution >= 4 is 21.6 Å². The molecule has 16 heavy (non-hydrogen) atoms. The van der Waals surface area contributed by atoms with Crippen LogP contribution in [-0.2, 0) is 0 Å². The third-order valence-electron chi connectivity index (χ3n) is 2.21. The number of aromatic nitrogens is 4. The van der Waals surface area contributed by atoms with Crippen LogP contribution in [0.5, 0.6) is 0 Å². The predicted octanol–water partition coefficient (Wildman–Crippen LogP) is 2.13. The Hall–Kier alpha value is -1.43. The topological polar surface area (TPSA) is 69.6 Å². The summed E-state index contributed by atoms with van der Waals surface area (Å²) in [5.41, 5.74) is 7.28. The number of nitrogen functional groups attached to an aromatic ring is 1. The van der Waals surface area contributed by atoms with Crippen molar-refractivity contribution in [3.05, 3.63) is 28.5 Å². The van der Waals surface area contributed by atoms with Crippen molar-refractivity contribution in [2.45, 2.75) is 19.8 Å². The fraction of sp³-hybridized carbons (Fsp3) is 0.300. The van der Waals surface area contributed by atoms with E-state index < -0.39 is 0 Å². The van der Waals surface area contributed by atoms with Crippen LogP contribution >= 0.6 is 15.9 Å². The normalized spacial score (nSPS) is 11.0. The molecule has 0 amide bonds. The van der Waals surface area contributed by atoms with Gasteiger partial charge in [-0.2, -0.15) is 4.68 Å². The Morgan fingerprint density at radius 3 is 2.75 bits per heavy atom. The van der Waals surface area contributed by atoms with Crippen molar-refractivity contribution < 1.29 is 0 Å². The molecule has 1 aromatic heterocycles. The minimum absolute atomic E-state index is 0.263. The Balaban J connectivity index is 2.54. The van der Waals surface area contributed by atoms with E-state index in [1.165, 1.54) is 0 Å². The maximum atomic E-state index is 5.69. The monoisotopic (exact) mass is 281 g/mol. The molecule has 0 spiro atoms. The van der Waals surface area contributed by atoms with Gasteiger partial charge in [0.2, 0.25) is 0 Å². The zero-order valence-corrected chi connectivity index (χ0v) is 10.6. The molecule has 0 atom stereocenters. The average Bonchev–Trinajstić information content (AvgIpc) is 2.66. The first-order valence-electron chi connectivity index (χ1n) is 4.93. The van der Waals surface area contributed by atoms with E-state index in [9.17, 15) is 0 Å². The lowest BCUT2D eigenvalue weighted by Gasteiger charge is -2.08. The van der Waals surface area contributed by atoms with E-state index in [4.69, 9.17) is 5.73 Å². The molecule has 1 heterocycles. The van der Waals surface area contributed by atoms with Gasteiger partial charge in [0.15, 0.2) is 5.82 Å². The van der Waals surface area contributed by atoms with Crippen molar-refractivity contribution in [2.75, 3.05) is 5.73 Å². The minimum Gasteiger partial charge on any atom is -0.399 e. The summed E-state index contributed by atoms with van der Waals surface area (Å²) in [6.07, 6.45) is 0. The summed E-state index contributed by atoms with van der Waals surface area (Å²) < 4.78 is 2.59. The molecule has 0 saturated heterocycles. The highest BCUT2D eigenvalue weighted by Crippen LogP contribution is 2.25. The van der Waals surface area contributed by atoms with Gasteiger partial charge in [-0.25, -0.2) is 0 Å². The van der Waals surface area contributed by atoms with E-state index in [2.05, 4.69) is 31.5 Å². The van der Waals surface area contributed by atoms with Crippen molar-refractivity contribution in [1.82, 2.24) is 20.2 Å². The molecule has 0 unspecified atom stereocenters. The number of hydrogen-bond donors (Lipinski definition) is 1. The molecule has 0 aliphatic heterocycles. The summed E-state index contributed by atoms with van der Waals surface area (Å²) in [7, 11) is 0. The number of benzene rings is 1. The SMILES string of the molecule is CC(C)c1nnnn1-c1ccc(N)cc1Br. The van der Waals surface area contributed by atoms with E-state index >= 15 is 0 Å². The van der Waals surface area contributed by atoms with Gasteiger partial charge in [-0.15, -0.1) is 5.10 Å². The van der Waals surface area contributed by atoms with Gasteiger partial charge in [-0.05, 0) is 44.6 Å². The molecule has 0 saturated carbocycles. The second kappa shape index (κ2) is 4.21. The Morgan fingerprint density at radius 1 is 1.38 bits per heavy atom. The molecule has 1 aromatic carbocycles. The Bertz CT molecular complexity index is 506. The fourth-order valence-electron chi connectivity index (χ4n) is 1.42. The van der Waals surface area contributed by atoms with Crippen LogP contribution in [0.4, 0.5) is 5.69 Å². The van der Waals surface area contributed by atoms with Crippen LogP contribution in [0.25, 0.3) is 5.69 Å². The van der Waals surface area contributed by atoms with Crippen LogP contribution in [0.2, 0.25) is 0 Å². The van der Waals surface area contributed by atoms with Crippen molar-refractivity contribution in [3.8, 4) is 5.69 Å². The molecular formula is C10H12BrN5. The van der Waals surface area contributed by atoms with Crippen LogP contribution in [-0.4, -0.2) is 20.2 Å². The van der Waals surface area contributed by atoms with Crippen LogP contribution in [0, 0.1) is 0 Å². The Morgan fingerprint density at radius 2 is 2.12 bits per heavy atom. The lowest BCUT2D eigenvalue weighted by atomic mass is 10.2. The number of halogens is 1. The Kier molecular flexibility index (Phi) is 2.91. The fourth-order valence-corrected chi connectivity index (χ4v) is 1.99. The summed E-state index contributed by atoms with van der Waals surface area (Å²) in [6, 6.07) is 5.55. The molecule has 2 N–H and O–H groups in total.